The van der Waals surface area contributed by atoms with Gasteiger partial charge in [-0.25, -0.2) is 0 Å². The minimum atomic E-state index is 0. The Morgan fingerprint density at radius 2 is 2.00 bits per heavy atom. The molecule has 0 amide bonds. The summed E-state index contributed by atoms with van der Waals surface area (Å²) in [4.78, 5) is 2.42. The van der Waals surface area contributed by atoms with E-state index in [4.69, 9.17) is 0 Å². The monoisotopic (exact) mass is 396 g/mol. The highest BCUT2D eigenvalue weighted by Crippen LogP contribution is 2.34. The van der Waals surface area contributed by atoms with Crippen LogP contribution in [0.1, 0.15) is 24.9 Å². The first-order valence-corrected chi connectivity index (χ1v) is 7.45. The molecule has 0 aliphatic carbocycles. The number of aromatic hydroxyl groups is 1. The molecule has 1 aromatic carbocycles. The number of phenols is 1. The molecule has 1 aliphatic heterocycles. The van der Waals surface area contributed by atoms with Crippen molar-refractivity contribution in [3.05, 3.63) is 40.4 Å². The lowest BCUT2D eigenvalue weighted by molar-refractivity contribution is 0.170. The van der Waals surface area contributed by atoms with E-state index in [-0.39, 0.29) is 30.9 Å². The molecule has 0 aromatic heterocycles. The Morgan fingerprint density at radius 1 is 1.38 bits per heavy atom. The van der Waals surface area contributed by atoms with Crippen LogP contribution in [0.25, 0.3) is 0 Å². The normalized spacial score (nSPS) is 16.5. The molecule has 2 N–H and O–H groups in total. The largest absolute Gasteiger partial charge is 0.508 e. The van der Waals surface area contributed by atoms with Gasteiger partial charge in [-0.2, -0.15) is 0 Å². The van der Waals surface area contributed by atoms with Gasteiger partial charge in [0, 0.05) is 42.3 Å². The van der Waals surface area contributed by atoms with Crippen LogP contribution in [0.4, 0.5) is 0 Å². The van der Waals surface area contributed by atoms with E-state index in [0.717, 1.165) is 48.2 Å². The Kier molecular flexibility index (Phi) is 9.58. The third kappa shape index (κ3) is 5.80. The number of halogens is 3. The molecule has 1 heterocycles. The average molecular weight is 398 g/mol. The van der Waals surface area contributed by atoms with Gasteiger partial charge in [0.1, 0.15) is 5.75 Å². The van der Waals surface area contributed by atoms with Crippen molar-refractivity contribution < 1.29 is 5.11 Å². The zero-order valence-corrected chi connectivity index (χ0v) is 15.4. The fourth-order valence-corrected chi connectivity index (χ4v) is 2.91. The summed E-state index contributed by atoms with van der Waals surface area (Å²) in [6.45, 7) is 10.1. The Labute approximate surface area is 147 Å². The highest BCUT2D eigenvalue weighted by molar-refractivity contribution is 9.10. The van der Waals surface area contributed by atoms with Crippen LogP contribution in [-0.4, -0.2) is 36.2 Å². The summed E-state index contributed by atoms with van der Waals surface area (Å²) in [6, 6.07) is 5.98. The van der Waals surface area contributed by atoms with Crippen molar-refractivity contribution in [2.24, 2.45) is 0 Å². The summed E-state index contributed by atoms with van der Waals surface area (Å²) >= 11 is 3.39. The van der Waals surface area contributed by atoms with Gasteiger partial charge in [0.2, 0.25) is 0 Å². The van der Waals surface area contributed by atoms with E-state index in [1.165, 1.54) is 0 Å². The van der Waals surface area contributed by atoms with E-state index in [1.807, 2.05) is 19.1 Å². The van der Waals surface area contributed by atoms with Crippen molar-refractivity contribution in [1.82, 2.24) is 10.2 Å². The Morgan fingerprint density at radius 3 is 2.52 bits per heavy atom. The van der Waals surface area contributed by atoms with Crippen LogP contribution in [0.15, 0.2) is 34.8 Å². The highest BCUT2D eigenvalue weighted by atomic mass is 79.9. The molecule has 0 spiro atoms. The standard InChI is InChI=1S/C15H21BrN2O.2ClH/c1-11(2)9-14(18-7-5-17-6-8-18)13-4-3-12(16)10-15(13)19;;/h3-4,10,14,17,19H,1,5-9H2,2H3;2*1H/t14-;;/m0../s1. The molecular weight excluding hydrogens is 375 g/mol. The summed E-state index contributed by atoms with van der Waals surface area (Å²) < 4.78 is 0.906. The van der Waals surface area contributed by atoms with Crippen molar-refractivity contribution in [1.29, 1.82) is 0 Å². The Bertz CT molecular complexity index is 465. The zero-order chi connectivity index (χ0) is 13.8. The summed E-state index contributed by atoms with van der Waals surface area (Å²) in [7, 11) is 0. The van der Waals surface area contributed by atoms with Gasteiger partial charge >= 0.3 is 0 Å². The van der Waals surface area contributed by atoms with E-state index in [9.17, 15) is 5.11 Å². The number of nitrogens with zero attached hydrogens (tertiary/aromatic N) is 1. The number of nitrogens with one attached hydrogen (secondary N) is 1. The van der Waals surface area contributed by atoms with Crippen LogP contribution in [-0.2, 0) is 0 Å². The van der Waals surface area contributed by atoms with Gasteiger partial charge in [0.05, 0.1) is 0 Å². The molecule has 1 atom stereocenters. The van der Waals surface area contributed by atoms with E-state index < -0.39 is 0 Å². The van der Waals surface area contributed by atoms with Gasteiger partial charge in [-0.05, 0) is 25.5 Å². The van der Waals surface area contributed by atoms with Gasteiger partial charge in [0.25, 0.3) is 0 Å². The van der Waals surface area contributed by atoms with Crippen LogP contribution in [0.2, 0.25) is 0 Å². The Hall–Kier alpha value is -0.260. The predicted octanol–water partition coefficient (Wildman–Crippen LogP) is 3.91. The molecule has 21 heavy (non-hydrogen) atoms. The van der Waals surface area contributed by atoms with E-state index in [2.05, 4.69) is 32.7 Å². The number of rotatable bonds is 4. The third-order valence-electron chi connectivity index (χ3n) is 3.49. The van der Waals surface area contributed by atoms with Crippen LogP contribution in [0.5, 0.6) is 5.75 Å². The van der Waals surface area contributed by atoms with Crippen molar-refractivity contribution in [2.75, 3.05) is 26.2 Å². The molecule has 0 unspecified atom stereocenters. The summed E-state index contributed by atoms with van der Waals surface area (Å²) in [6.07, 6.45) is 0.884. The number of phenolic OH excluding ortho intramolecular Hbond substituents is 1. The van der Waals surface area contributed by atoms with E-state index >= 15 is 0 Å². The van der Waals surface area contributed by atoms with Crippen molar-refractivity contribution in [3.8, 4) is 5.75 Å². The molecular formula is C15H23BrCl2N2O. The first kappa shape index (κ1) is 20.7. The second-order valence-corrected chi connectivity index (χ2v) is 6.08. The molecule has 1 saturated heterocycles. The van der Waals surface area contributed by atoms with Gasteiger partial charge in [-0.15, -0.1) is 31.4 Å². The molecule has 0 saturated carbocycles. The zero-order valence-electron chi connectivity index (χ0n) is 12.1. The van der Waals surface area contributed by atoms with Gasteiger partial charge in [0.15, 0.2) is 0 Å². The number of benzene rings is 1. The minimum Gasteiger partial charge on any atom is -0.508 e. The van der Waals surface area contributed by atoms with Gasteiger partial charge in [-0.3, -0.25) is 4.90 Å². The molecule has 6 heteroatoms. The first-order chi connectivity index (χ1) is 9.08. The highest BCUT2D eigenvalue weighted by Gasteiger charge is 2.24. The summed E-state index contributed by atoms with van der Waals surface area (Å²) in [5.41, 5.74) is 2.14. The lowest BCUT2D eigenvalue weighted by Crippen LogP contribution is -2.45. The second-order valence-electron chi connectivity index (χ2n) is 5.17. The van der Waals surface area contributed by atoms with E-state index in [1.54, 1.807) is 6.07 Å². The molecule has 1 aliphatic rings. The summed E-state index contributed by atoms with van der Waals surface area (Å²) in [5, 5.41) is 13.6. The van der Waals surface area contributed by atoms with Crippen molar-refractivity contribution in [2.45, 2.75) is 19.4 Å². The lowest BCUT2D eigenvalue weighted by atomic mass is 9.97. The fraction of sp³-hybridized carbons (Fsp3) is 0.467. The quantitative estimate of drug-likeness (QED) is 0.756. The number of hydrogen-bond donors (Lipinski definition) is 2. The maximum absolute atomic E-state index is 10.2. The average Bonchev–Trinajstić information content (AvgIpc) is 2.37. The molecule has 0 radical (unpaired) electrons. The number of piperazine rings is 1. The topological polar surface area (TPSA) is 35.5 Å². The van der Waals surface area contributed by atoms with Crippen molar-refractivity contribution in [3.63, 3.8) is 0 Å². The van der Waals surface area contributed by atoms with Gasteiger partial charge < -0.3 is 10.4 Å². The molecule has 3 nitrogen and oxygen atoms in total. The fourth-order valence-electron chi connectivity index (χ4n) is 2.56. The SMILES string of the molecule is C=C(C)C[C@@H](c1ccc(Br)cc1O)N1CCNCC1.Cl.Cl. The predicted molar refractivity (Wildman–Crippen MR) is 96.9 cm³/mol. The van der Waals surface area contributed by atoms with Crippen LogP contribution in [0, 0.1) is 0 Å². The smallest absolute Gasteiger partial charge is 0.121 e. The van der Waals surface area contributed by atoms with Crippen LogP contribution in [0.3, 0.4) is 0 Å². The molecule has 1 fully saturated rings. The molecule has 2 rings (SSSR count). The van der Waals surface area contributed by atoms with Crippen molar-refractivity contribution >= 4 is 40.7 Å². The van der Waals surface area contributed by atoms with Crippen LogP contribution >= 0.6 is 40.7 Å². The third-order valence-corrected chi connectivity index (χ3v) is 3.98. The van der Waals surface area contributed by atoms with Crippen LogP contribution < -0.4 is 5.32 Å². The maximum Gasteiger partial charge on any atom is 0.121 e. The minimum absolute atomic E-state index is 0. The number of hydrogen-bond acceptors (Lipinski definition) is 3. The Balaban J connectivity index is 0.00000200. The molecule has 120 valence electrons. The maximum atomic E-state index is 10.2. The summed E-state index contributed by atoms with van der Waals surface area (Å²) in [5.74, 6) is 0.360. The van der Waals surface area contributed by atoms with Gasteiger partial charge in [-0.1, -0.05) is 27.6 Å². The first-order valence-electron chi connectivity index (χ1n) is 6.65. The lowest BCUT2D eigenvalue weighted by Gasteiger charge is -2.35. The molecule has 0 bridgehead atoms. The second kappa shape index (κ2) is 9.70. The van der Waals surface area contributed by atoms with E-state index in [0.29, 0.717) is 5.75 Å². The molecule has 1 aromatic rings.